The summed E-state index contributed by atoms with van der Waals surface area (Å²) in [7, 11) is 0. The maximum atomic E-state index is 11.7. The molecule has 1 saturated heterocycles. The van der Waals surface area contributed by atoms with Gasteiger partial charge in [-0.15, -0.1) is 0 Å². The minimum Gasteiger partial charge on any atom is -0.368 e. The van der Waals surface area contributed by atoms with Gasteiger partial charge in [0.1, 0.15) is 11.9 Å². The normalized spacial score (nSPS) is 21.9. The van der Waals surface area contributed by atoms with E-state index in [0.29, 0.717) is 6.54 Å². The Labute approximate surface area is 119 Å². The van der Waals surface area contributed by atoms with Crippen LogP contribution in [0.1, 0.15) is 42.5 Å². The van der Waals surface area contributed by atoms with Crippen LogP contribution in [0, 0.1) is 0 Å². The fourth-order valence-corrected chi connectivity index (χ4v) is 3.39. The smallest absolute Gasteiger partial charge is 0.240 e. The Balaban J connectivity index is 2.01. The van der Waals surface area contributed by atoms with Crippen molar-refractivity contribution in [2.24, 2.45) is 11.5 Å². The minimum atomic E-state index is -0.255. The van der Waals surface area contributed by atoms with Gasteiger partial charge in [0.2, 0.25) is 5.91 Å². The molecule has 1 atom stereocenters. The van der Waals surface area contributed by atoms with Crippen molar-refractivity contribution in [1.29, 1.82) is 0 Å². The fraction of sp³-hybridized carbons (Fsp3) is 0.600. The molecular weight excluding hydrogens is 252 g/mol. The second-order valence-corrected chi connectivity index (χ2v) is 5.74. The number of nitrogens with zero attached hydrogens (tertiary/aromatic N) is 2. The lowest BCUT2D eigenvalue weighted by Crippen LogP contribution is -2.48. The van der Waals surface area contributed by atoms with Crippen LogP contribution in [0.4, 0.5) is 5.82 Å². The van der Waals surface area contributed by atoms with Gasteiger partial charge in [0.15, 0.2) is 0 Å². The molecule has 0 radical (unpaired) electrons. The molecule has 1 aromatic rings. The van der Waals surface area contributed by atoms with Gasteiger partial charge >= 0.3 is 0 Å². The molecular formula is C15H22N4O. The van der Waals surface area contributed by atoms with E-state index in [2.05, 4.69) is 11.0 Å². The van der Waals surface area contributed by atoms with Crippen molar-refractivity contribution in [1.82, 2.24) is 4.98 Å². The topological polar surface area (TPSA) is 85.2 Å². The molecule has 0 saturated carbocycles. The van der Waals surface area contributed by atoms with Crippen molar-refractivity contribution in [3.8, 4) is 0 Å². The Kier molecular flexibility index (Phi) is 3.61. The largest absolute Gasteiger partial charge is 0.368 e. The molecule has 0 spiro atoms. The Morgan fingerprint density at radius 3 is 2.95 bits per heavy atom. The first-order chi connectivity index (χ1) is 9.70. The van der Waals surface area contributed by atoms with Gasteiger partial charge in [0.05, 0.1) is 0 Å². The molecule has 1 aromatic heterocycles. The molecule has 5 nitrogen and oxygen atoms in total. The third kappa shape index (κ3) is 2.26. The van der Waals surface area contributed by atoms with Crippen molar-refractivity contribution in [3.05, 3.63) is 22.9 Å². The highest BCUT2D eigenvalue weighted by Crippen LogP contribution is 2.30. The molecule has 1 unspecified atom stereocenters. The predicted molar refractivity (Wildman–Crippen MR) is 78.3 cm³/mol. The molecule has 0 bridgehead atoms. The van der Waals surface area contributed by atoms with E-state index in [1.54, 1.807) is 0 Å². The molecule has 2 aliphatic rings. The first kappa shape index (κ1) is 13.4. The number of anilines is 1. The molecule has 2 heterocycles. The van der Waals surface area contributed by atoms with Crippen LogP contribution in [-0.2, 0) is 24.2 Å². The van der Waals surface area contributed by atoms with E-state index in [-0.39, 0.29) is 11.9 Å². The number of hydrogen-bond acceptors (Lipinski definition) is 4. The zero-order valence-corrected chi connectivity index (χ0v) is 11.8. The number of piperidine rings is 1. The highest BCUT2D eigenvalue weighted by atomic mass is 16.1. The lowest BCUT2D eigenvalue weighted by molar-refractivity contribution is -0.119. The van der Waals surface area contributed by atoms with Crippen LogP contribution in [-0.4, -0.2) is 23.5 Å². The summed E-state index contributed by atoms with van der Waals surface area (Å²) in [5.41, 5.74) is 15.0. The summed E-state index contributed by atoms with van der Waals surface area (Å²) >= 11 is 0. The Hall–Kier alpha value is -1.62. The van der Waals surface area contributed by atoms with Crippen LogP contribution < -0.4 is 16.4 Å². The van der Waals surface area contributed by atoms with Crippen LogP contribution in [0.15, 0.2) is 6.07 Å². The third-order valence-corrected chi connectivity index (χ3v) is 4.43. The monoisotopic (exact) mass is 274 g/mol. The Bertz CT molecular complexity index is 529. The number of pyridine rings is 1. The van der Waals surface area contributed by atoms with Crippen LogP contribution in [0.5, 0.6) is 0 Å². The molecule has 1 aliphatic heterocycles. The zero-order chi connectivity index (χ0) is 14.1. The molecule has 0 aromatic carbocycles. The molecule has 1 amide bonds. The van der Waals surface area contributed by atoms with Gasteiger partial charge in [-0.3, -0.25) is 4.79 Å². The number of rotatable bonds is 3. The van der Waals surface area contributed by atoms with Crippen LogP contribution in [0.3, 0.4) is 0 Å². The third-order valence-electron chi connectivity index (χ3n) is 4.43. The molecule has 3 rings (SSSR count). The number of primary amides is 1. The van der Waals surface area contributed by atoms with E-state index in [1.807, 2.05) is 0 Å². The number of carbonyl (C=O) groups excluding carboxylic acids is 1. The summed E-state index contributed by atoms with van der Waals surface area (Å²) in [6.45, 7) is 1.30. The van der Waals surface area contributed by atoms with Gasteiger partial charge in [-0.1, -0.05) is 0 Å². The molecule has 1 fully saturated rings. The Morgan fingerprint density at radius 1 is 1.35 bits per heavy atom. The van der Waals surface area contributed by atoms with Gasteiger partial charge in [-0.25, -0.2) is 4.98 Å². The maximum absolute atomic E-state index is 11.7. The summed E-state index contributed by atoms with van der Waals surface area (Å²) in [6, 6.07) is 1.94. The van der Waals surface area contributed by atoms with Crippen LogP contribution >= 0.6 is 0 Å². The zero-order valence-electron chi connectivity index (χ0n) is 11.8. The van der Waals surface area contributed by atoms with Crippen molar-refractivity contribution in [2.45, 2.75) is 51.1 Å². The summed E-state index contributed by atoms with van der Waals surface area (Å²) in [6.07, 6.45) is 6.23. The predicted octanol–water partition coefficient (Wildman–Crippen LogP) is 0.873. The van der Waals surface area contributed by atoms with E-state index in [0.717, 1.165) is 56.5 Å². The van der Waals surface area contributed by atoms with Crippen molar-refractivity contribution >= 4 is 11.7 Å². The fourth-order valence-electron chi connectivity index (χ4n) is 3.39. The van der Waals surface area contributed by atoms with Crippen LogP contribution in [0.25, 0.3) is 0 Å². The average molecular weight is 274 g/mol. The summed E-state index contributed by atoms with van der Waals surface area (Å²) in [4.78, 5) is 18.6. The van der Waals surface area contributed by atoms with Gasteiger partial charge in [0, 0.05) is 24.3 Å². The molecule has 20 heavy (non-hydrogen) atoms. The van der Waals surface area contributed by atoms with Crippen LogP contribution in [0.2, 0.25) is 0 Å². The van der Waals surface area contributed by atoms with E-state index in [9.17, 15) is 4.79 Å². The second kappa shape index (κ2) is 5.40. The highest BCUT2D eigenvalue weighted by Gasteiger charge is 2.30. The number of amides is 1. The quantitative estimate of drug-likeness (QED) is 0.856. The molecule has 5 heteroatoms. The van der Waals surface area contributed by atoms with Gasteiger partial charge < -0.3 is 16.4 Å². The number of aryl methyl sites for hydroxylation is 2. The van der Waals surface area contributed by atoms with Crippen molar-refractivity contribution in [2.75, 3.05) is 11.4 Å². The number of fused-ring (bicyclic) bond motifs is 1. The summed E-state index contributed by atoms with van der Waals surface area (Å²) < 4.78 is 0. The van der Waals surface area contributed by atoms with E-state index < -0.39 is 0 Å². The van der Waals surface area contributed by atoms with Gasteiger partial charge in [0.25, 0.3) is 0 Å². The number of nitrogens with two attached hydrogens (primary N) is 2. The lowest BCUT2D eigenvalue weighted by atomic mass is 10.00. The minimum absolute atomic E-state index is 0.235. The van der Waals surface area contributed by atoms with Crippen molar-refractivity contribution < 1.29 is 4.79 Å². The first-order valence-corrected chi connectivity index (χ1v) is 7.48. The first-order valence-electron chi connectivity index (χ1n) is 7.48. The summed E-state index contributed by atoms with van der Waals surface area (Å²) in [5, 5.41) is 0. The van der Waals surface area contributed by atoms with E-state index in [4.69, 9.17) is 16.5 Å². The molecule has 1 aliphatic carbocycles. The molecule has 4 N–H and O–H groups in total. The standard InChI is InChI=1S/C15H22N4O/c16-9-11-8-10-4-3-5-12(10)18-15(11)19-7-2-1-6-13(19)14(17)20/h8,13H,1-7,9,16H2,(H2,17,20). The summed E-state index contributed by atoms with van der Waals surface area (Å²) in [5.74, 6) is 0.631. The number of hydrogen-bond donors (Lipinski definition) is 2. The number of aromatic nitrogens is 1. The van der Waals surface area contributed by atoms with E-state index >= 15 is 0 Å². The van der Waals surface area contributed by atoms with Gasteiger partial charge in [-0.05, 0) is 50.2 Å². The van der Waals surface area contributed by atoms with Gasteiger partial charge in [-0.2, -0.15) is 0 Å². The lowest BCUT2D eigenvalue weighted by Gasteiger charge is -2.36. The second-order valence-electron chi connectivity index (χ2n) is 5.74. The maximum Gasteiger partial charge on any atom is 0.240 e. The Morgan fingerprint density at radius 2 is 2.20 bits per heavy atom. The van der Waals surface area contributed by atoms with E-state index in [1.165, 1.54) is 11.3 Å². The highest BCUT2D eigenvalue weighted by molar-refractivity contribution is 5.83. The average Bonchev–Trinajstić information content (AvgIpc) is 2.93. The number of carbonyl (C=O) groups is 1. The molecule has 108 valence electrons. The van der Waals surface area contributed by atoms with Crippen molar-refractivity contribution in [3.63, 3.8) is 0 Å². The SMILES string of the molecule is NCc1cc2c(nc1N1CCCCC1C(N)=O)CCC2.